The maximum Gasteiger partial charge on any atom is 0.311 e. The van der Waals surface area contributed by atoms with Crippen LogP contribution in [0.3, 0.4) is 0 Å². The van der Waals surface area contributed by atoms with E-state index in [9.17, 15) is 19.5 Å². The van der Waals surface area contributed by atoms with Crippen molar-refractivity contribution in [3.63, 3.8) is 0 Å². The number of likely N-dealkylation sites (tertiary alicyclic amines) is 2. The molecule has 0 aromatic heterocycles. The highest BCUT2D eigenvalue weighted by Gasteiger charge is 2.67. The van der Waals surface area contributed by atoms with E-state index in [1.807, 2.05) is 6.92 Å². The van der Waals surface area contributed by atoms with Gasteiger partial charge in [-0.3, -0.25) is 14.4 Å². The lowest BCUT2D eigenvalue weighted by molar-refractivity contribution is -0.159. The maximum absolute atomic E-state index is 13.4. The summed E-state index contributed by atoms with van der Waals surface area (Å²) in [7, 11) is 2.09. The summed E-state index contributed by atoms with van der Waals surface area (Å²) in [4.78, 5) is 43.5. The lowest BCUT2D eigenvalue weighted by atomic mass is 9.35. The van der Waals surface area contributed by atoms with Crippen LogP contribution < -0.4 is 5.32 Å². The van der Waals surface area contributed by atoms with Crippen molar-refractivity contribution in [3.05, 3.63) is 46.3 Å². The average molecular weight is 588 g/mol. The Balaban J connectivity index is 1.17. The second-order valence-electron chi connectivity index (χ2n) is 16.5. The molecule has 2 heterocycles. The van der Waals surface area contributed by atoms with Crippen molar-refractivity contribution in [2.75, 3.05) is 26.7 Å². The molecule has 43 heavy (non-hydrogen) atoms. The molecule has 2 aliphatic heterocycles. The third-order valence-electron chi connectivity index (χ3n) is 14.3. The van der Waals surface area contributed by atoms with Crippen LogP contribution >= 0.6 is 0 Å². The Morgan fingerprint density at radius 2 is 1.67 bits per heavy atom. The molecule has 0 bridgehead atoms. The number of aliphatic hydroxyl groups excluding tert-OH is 1. The van der Waals surface area contributed by atoms with Crippen LogP contribution in [0.15, 0.2) is 46.3 Å². The molecule has 7 rings (SSSR count). The summed E-state index contributed by atoms with van der Waals surface area (Å²) in [5, 5.41) is 13.7. The summed E-state index contributed by atoms with van der Waals surface area (Å²) >= 11 is 0. The molecular weight excluding hydrogens is 538 g/mol. The lowest BCUT2D eigenvalue weighted by Crippen LogP contribution is -2.64. The number of hydrogen-bond donors (Lipinski definition) is 2. The van der Waals surface area contributed by atoms with Gasteiger partial charge in [-0.05, 0) is 105 Å². The standard InChI is InChI=1S/C36H49N3O4/c1-21-23-8-9-27-34(4,24(23)16-26(40)29(21)41)13-15-36(6)28-17-33(3,12-10-32(28,2)11-14-35(27,36)5)37-30(42)31(43)39-19-22-18-38(7)25(22)20-39/h8-9,16,22,25,28,41H,10-15,17-20H2,1-7H3,(H,37,42)/t22-,25+,28?,32+,33+,34-,35+,36-/m0/s1. The van der Waals surface area contributed by atoms with Crippen molar-refractivity contribution in [1.82, 2.24) is 15.1 Å². The molecule has 7 aliphatic rings. The van der Waals surface area contributed by atoms with Gasteiger partial charge in [0.1, 0.15) is 0 Å². The van der Waals surface area contributed by atoms with Gasteiger partial charge in [0.25, 0.3) is 0 Å². The summed E-state index contributed by atoms with van der Waals surface area (Å²) < 4.78 is 0. The van der Waals surface area contributed by atoms with Crippen molar-refractivity contribution >= 4 is 17.6 Å². The van der Waals surface area contributed by atoms with E-state index >= 15 is 0 Å². The maximum atomic E-state index is 13.4. The Bertz CT molecular complexity index is 1470. The fourth-order valence-corrected chi connectivity index (χ4v) is 11.1. The van der Waals surface area contributed by atoms with Crippen LogP contribution in [0.1, 0.15) is 86.5 Å². The van der Waals surface area contributed by atoms with Gasteiger partial charge >= 0.3 is 11.8 Å². The summed E-state index contributed by atoms with van der Waals surface area (Å²) in [5.41, 5.74) is 3.55. The van der Waals surface area contributed by atoms with Crippen LogP contribution in [0.5, 0.6) is 0 Å². The van der Waals surface area contributed by atoms with Crippen LogP contribution in [0.2, 0.25) is 0 Å². The van der Waals surface area contributed by atoms with E-state index in [-0.39, 0.29) is 39.1 Å². The van der Waals surface area contributed by atoms with Crippen molar-refractivity contribution < 1.29 is 19.5 Å². The number of rotatable bonds is 1. The highest BCUT2D eigenvalue weighted by Crippen LogP contribution is 2.75. The third-order valence-corrected chi connectivity index (χ3v) is 14.3. The first-order chi connectivity index (χ1) is 20.1. The predicted octanol–water partition coefficient (Wildman–Crippen LogP) is 5.25. The first kappa shape index (κ1) is 29.1. The minimum absolute atomic E-state index is 0.00189. The average Bonchev–Trinajstić information content (AvgIpc) is 3.31. The number of carbonyl (C=O) groups is 3. The van der Waals surface area contributed by atoms with Crippen molar-refractivity contribution in [2.45, 2.75) is 98.1 Å². The van der Waals surface area contributed by atoms with Crippen LogP contribution in [-0.2, 0) is 14.4 Å². The number of aliphatic hydroxyl groups is 1. The van der Waals surface area contributed by atoms with Crippen molar-refractivity contribution in [1.29, 1.82) is 0 Å². The quantitative estimate of drug-likeness (QED) is 0.409. The molecule has 2 N–H and O–H groups in total. The molecule has 7 heteroatoms. The number of likely N-dealkylation sites (N-methyl/N-ethyl adjacent to an activating group) is 1. The molecule has 2 saturated heterocycles. The van der Waals surface area contributed by atoms with E-state index in [1.165, 1.54) is 5.57 Å². The first-order valence-corrected chi connectivity index (χ1v) is 16.5. The Labute approximate surface area is 256 Å². The number of nitrogens with zero attached hydrogens (tertiary/aromatic N) is 2. The Kier molecular flexibility index (Phi) is 6.05. The fraction of sp³-hybridized carbons (Fsp3) is 0.694. The highest BCUT2D eigenvalue weighted by molar-refractivity contribution is 6.35. The minimum Gasteiger partial charge on any atom is -0.504 e. The third kappa shape index (κ3) is 3.79. The Morgan fingerprint density at radius 1 is 0.953 bits per heavy atom. The number of fused-ring (bicyclic) bond motifs is 8. The fourth-order valence-electron chi connectivity index (χ4n) is 11.1. The van der Waals surface area contributed by atoms with E-state index in [0.717, 1.165) is 62.6 Å². The predicted molar refractivity (Wildman–Crippen MR) is 166 cm³/mol. The second-order valence-corrected chi connectivity index (χ2v) is 16.5. The van der Waals surface area contributed by atoms with Crippen LogP contribution in [0, 0.1) is 33.5 Å². The van der Waals surface area contributed by atoms with Crippen molar-refractivity contribution in [2.24, 2.45) is 33.5 Å². The molecule has 3 saturated carbocycles. The van der Waals surface area contributed by atoms with Crippen molar-refractivity contribution in [3.8, 4) is 0 Å². The number of ketones is 1. The molecule has 5 aliphatic carbocycles. The highest BCUT2D eigenvalue weighted by atomic mass is 16.3. The van der Waals surface area contributed by atoms with Gasteiger partial charge in [0.15, 0.2) is 5.76 Å². The van der Waals surface area contributed by atoms with Gasteiger partial charge in [0.2, 0.25) is 5.78 Å². The SMILES string of the molecule is CC1=C(O)C(=O)C=C2C1=CC=C1[C@@]2(C)CC[C@@]2(C)C3C[C@](C)(NC(=O)C(=O)N4C[C@@H]5CN(C)[C@@H]5C4)CC[C@]3(C)CC[C@]12C. The number of nitrogens with one attached hydrogen (secondary N) is 1. The molecule has 0 spiro atoms. The molecule has 0 aromatic rings. The second kappa shape index (κ2) is 8.95. The summed E-state index contributed by atoms with van der Waals surface area (Å²) in [6.07, 6.45) is 13.1. The number of allylic oxidation sites excluding steroid dienone is 7. The minimum atomic E-state index is -0.441. The van der Waals surface area contributed by atoms with Gasteiger partial charge in [-0.25, -0.2) is 0 Å². The molecule has 0 aromatic carbocycles. The van der Waals surface area contributed by atoms with Gasteiger partial charge in [-0.2, -0.15) is 0 Å². The van der Waals surface area contributed by atoms with E-state index in [2.05, 4.69) is 64.0 Å². The Hall–Kier alpha value is -2.67. The number of hydrogen-bond acceptors (Lipinski definition) is 5. The van der Waals surface area contributed by atoms with Gasteiger partial charge in [-0.1, -0.05) is 45.4 Å². The molecule has 232 valence electrons. The molecule has 8 atom stereocenters. The van der Waals surface area contributed by atoms with E-state index in [1.54, 1.807) is 11.0 Å². The van der Waals surface area contributed by atoms with E-state index in [0.29, 0.717) is 36.5 Å². The van der Waals surface area contributed by atoms with Gasteiger partial charge in [-0.15, -0.1) is 0 Å². The number of carbonyl (C=O) groups excluding carboxylic acids is 3. The van der Waals surface area contributed by atoms with Gasteiger partial charge in [0, 0.05) is 48.1 Å². The summed E-state index contributed by atoms with van der Waals surface area (Å²) in [6, 6.07) is 0.396. The molecule has 7 nitrogen and oxygen atoms in total. The molecule has 2 amide bonds. The van der Waals surface area contributed by atoms with E-state index in [4.69, 9.17) is 0 Å². The first-order valence-electron chi connectivity index (χ1n) is 16.5. The smallest absolute Gasteiger partial charge is 0.311 e. The topological polar surface area (TPSA) is 89.9 Å². The molecule has 1 unspecified atom stereocenters. The normalized spacial score (nSPS) is 45.4. The zero-order valence-corrected chi connectivity index (χ0v) is 27.1. The zero-order valence-electron chi connectivity index (χ0n) is 27.1. The largest absolute Gasteiger partial charge is 0.504 e. The van der Waals surface area contributed by atoms with Gasteiger partial charge < -0.3 is 20.2 Å². The lowest BCUT2D eigenvalue weighted by Gasteiger charge is -2.70. The molecule has 5 fully saturated rings. The monoisotopic (exact) mass is 587 g/mol. The van der Waals surface area contributed by atoms with Gasteiger partial charge in [0.05, 0.1) is 0 Å². The van der Waals surface area contributed by atoms with E-state index < -0.39 is 11.4 Å². The molecule has 0 radical (unpaired) electrons. The number of amides is 2. The Morgan fingerprint density at radius 3 is 2.37 bits per heavy atom. The summed E-state index contributed by atoms with van der Waals surface area (Å²) in [6.45, 7) is 16.1. The summed E-state index contributed by atoms with van der Waals surface area (Å²) in [5.74, 6) is -0.356. The van der Waals surface area contributed by atoms with Crippen LogP contribution in [0.4, 0.5) is 0 Å². The zero-order chi connectivity index (χ0) is 30.9. The van der Waals surface area contributed by atoms with Crippen LogP contribution in [0.25, 0.3) is 0 Å². The van der Waals surface area contributed by atoms with Crippen LogP contribution in [-0.4, -0.2) is 70.8 Å². The molecular formula is C36H49N3O4.